The Kier molecular flexibility index (Phi) is 5.11. The van der Waals surface area contributed by atoms with E-state index >= 15 is 0 Å². The summed E-state index contributed by atoms with van der Waals surface area (Å²) in [6, 6.07) is 5.31. The second kappa shape index (κ2) is 6.66. The fourth-order valence-corrected chi connectivity index (χ4v) is 4.46. The number of rotatable bonds is 7. The number of benzene rings is 1. The Morgan fingerprint density at radius 2 is 1.95 bits per heavy atom. The van der Waals surface area contributed by atoms with Gasteiger partial charge in [-0.05, 0) is 30.7 Å². The summed E-state index contributed by atoms with van der Waals surface area (Å²) in [4.78, 5) is 0. The summed E-state index contributed by atoms with van der Waals surface area (Å²) >= 11 is 0. The Hall–Kier alpha value is -1.27. The number of ether oxygens (including phenoxy) is 2. The third kappa shape index (κ3) is 4.11. The van der Waals surface area contributed by atoms with Crippen LogP contribution in [0, 0.1) is 5.92 Å². The van der Waals surface area contributed by atoms with Gasteiger partial charge in [-0.3, -0.25) is 0 Å². The SMILES string of the molecule is CCC(C)CS(=O)(=O)CC(NC)c1ccc2c(c1)OCO2. The molecule has 2 rings (SSSR count). The molecule has 118 valence electrons. The van der Waals surface area contributed by atoms with Gasteiger partial charge in [0.25, 0.3) is 0 Å². The molecule has 1 N–H and O–H groups in total. The normalized spacial score (nSPS) is 16.7. The Balaban J connectivity index is 2.13. The van der Waals surface area contributed by atoms with Crippen molar-refractivity contribution in [2.24, 2.45) is 5.92 Å². The van der Waals surface area contributed by atoms with E-state index in [4.69, 9.17) is 9.47 Å². The number of hydrogen-bond donors (Lipinski definition) is 1. The van der Waals surface area contributed by atoms with Crippen molar-refractivity contribution in [1.82, 2.24) is 5.32 Å². The van der Waals surface area contributed by atoms with Crippen molar-refractivity contribution < 1.29 is 17.9 Å². The lowest BCUT2D eigenvalue weighted by atomic mass is 10.1. The third-order valence-electron chi connectivity index (χ3n) is 3.80. The average Bonchev–Trinajstić information content (AvgIpc) is 2.91. The molecule has 0 aromatic heterocycles. The lowest BCUT2D eigenvalue weighted by Crippen LogP contribution is -2.28. The van der Waals surface area contributed by atoms with Crippen molar-refractivity contribution in [3.63, 3.8) is 0 Å². The number of sulfone groups is 1. The van der Waals surface area contributed by atoms with E-state index in [0.717, 1.165) is 12.0 Å². The summed E-state index contributed by atoms with van der Waals surface area (Å²) in [5, 5.41) is 3.08. The Bertz CT molecular complexity index is 585. The average molecular weight is 313 g/mol. The van der Waals surface area contributed by atoms with Crippen LogP contribution in [-0.4, -0.2) is 33.8 Å². The Labute approximate surface area is 126 Å². The first kappa shape index (κ1) is 16.1. The van der Waals surface area contributed by atoms with Crippen LogP contribution in [0.15, 0.2) is 18.2 Å². The predicted octanol–water partition coefficient (Wildman–Crippen LogP) is 2.14. The van der Waals surface area contributed by atoms with Crippen LogP contribution in [0.4, 0.5) is 0 Å². The van der Waals surface area contributed by atoms with Gasteiger partial charge in [0.05, 0.1) is 11.5 Å². The molecule has 0 bridgehead atoms. The van der Waals surface area contributed by atoms with Crippen molar-refractivity contribution in [2.45, 2.75) is 26.3 Å². The van der Waals surface area contributed by atoms with Crippen LogP contribution < -0.4 is 14.8 Å². The lowest BCUT2D eigenvalue weighted by Gasteiger charge is -2.18. The second-order valence-electron chi connectivity index (χ2n) is 5.54. The molecule has 2 atom stereocenters. The quantitative estimate of drug-likeness (QED) is 0.835. The zero-order chi connectivity index (χ0) is 15.5. The Morgan fingerprint density at radius 1 is 1.24 bits per heavy atom. The fraction of sp³-hybridized carbons (Fsp3) is 0.600. The van der Waals surface area contributed by atoms with Gasteiger partial charge in [0.1, 0.15) is 0 Å². The molecule has 0 saturated carbocycles. The first-order valence-corrected chi connectivity index (χ1v) is 9.04. The van der Waals surface area contributed by atoms with Crippen LogP contribution in [0.25, 0.3) is 0 Å². The van der Waals surface area contributed by atoms with Crippen LogP contribution in [0.5, 0.6) is 11.5 Å². The molecule has 1 aromatic rings. The van der Waals surface area contributed by atoms with Crippen molar-refractivity contribution in [2.75, 3.05) is 25.3 Å². The molecule has 1 aliphatic rings. The first-order chi connectivity index (χ1) is 9.95. The van der Waals surface area contributed by atoms with Crippen LogP contribution in [0.1, 0.15) is 31.9 Å². The Morgan fingerprint density at radius 3 is 2.62 bits per heavy atom. The summed E-state index contributed by atoms with van der Waals surface area (Å²) < 4.78 is 35.2. The lowest BCUT2D eigenvalue weighted by molar-refractivity contribution is 0.174. The molecule has 2 unspecified atom stereocenters. The molecule has 0 aliphatic carbocycles. The van der Waals surface area contributed by atoms with Crippen molar-refractivity contribution in [3.05, 3.63) is 23.8 Å². The van der Waals surface area contributed by atoms with E-state index in [2.05, 4.69) is 5.32 Å². The van der Waals surface area contributed by atoms with E-state index in [-0.39, 0.29) is 30.3 Å². The molecule has 6 heteroatoms. The van der Waals surface area contributed by atoms with Gasteiger partial charge in [-0.1, -0.05) is 26.3 Å². The van der Waals surface area contributed by atoms with Crippen LogP contribution in [-0.2, 0) is 9.84 Å². The van der Waals surface area contributed by atoms with Gasteiger partial charge in [0, 0.05) is 6.04 Å². The molecule has 21 heavy (non-hydrogen) atoms. The van der Waals surface area contributed by atoms with Gasteiger partial charge < -0.3 is 14.8 Å². The standard InChI is InChI=1S/C15H23NO4S/c1-4-11(2)8-21(17,18)9-13(16-3)12-5-6-14-15(7-12)20-10-19-14/h5-7,11,13,16H,4,8-10H2,1-3H3. The molecule has 1 aromatic carbocycles. The number of fused-ring (bicyclic) bond motifs is 1. The minimum Gasteiger partial charge on any atom is -0.454 e. The molecule has 0 fully saturated rings. The molecule has 0 saturated heterocycles. The largest absolute Gasteiger partial charge is 0.454 e. The molecular formula is C15H23NO4S. The predicted molar refractivity (Wildman–Crippen MR) is 82.5 cm³/mol. The van der Waals surface area contributed by atoms with E-state index in [1.54, 1.807) is 7.05 Å². The van der Waals surface area contributed by atoms with Crippen LogP contribution in [0.3, 0.4) is 0 Å². The smallest absolute Gasteiger partial charge is 0.231 e. The minimum absolute atomic E-state index is 0.0908. The number of nitrogens with one attached hydrogen (secondary N) is 1. The van der Waals surface area contributed by atoms with Crippen LogP contribution >= 0.6 is 0 Å². The summed E-state index contributed by atoms with van der Waals surface area (Å²) in [6.45, 7) is 4.19. The highest BCUT2D eigenvalue weighted by molar-refractivity contribution is 7.91. The van der Waals surface area contributed by atoms with Crippen LogP contribution in [0.2, 0.25) is 0 Å². The first-order valence-electron chi connectivity index (χ1n) is 7.22. The molecule has 0 amide bonds. The zero-order valence-electron chi connectivity index (χ0n) is 12.8. The molecule has 1 aliphatic heterocycles. The highest BCUT2D eigenvalue weighted by Crippen LogP contribution is 2.34. The summed E-state index contributed by atoms with van der Waals surface area (Å²) in [6.07, 6.45) is 0.869. The van der Waals surface area contributed by atoms with Gasteiger partial charge in [0.2, 0.25) is 6.79 Å². The van der Waals surface area contributed by atoms with E-state index in [1.807, 2.05) is 32.0 Å². The highest BCUT2D eigenvalue weighted by atomic mass is 32.2. The zero-order valence-corrected chi connectivity index (χ0v) is 13.6. The van der Waals surface area contributed by atoms with Crippen molar-refractivity contribution in [1.29, 1.82) is 0 Å². The minimum atomic E-state index is -3.10. The molecule has 0 radical (unpaired) electrons. The summed E-state index contributed by atoms with van der Waals surface area (Å²) in [7, 11) is -1.33. The molecule has 5 nitrogen and oxygen atoms in total. The van der Waals surface area contributed by atoms with E-state index < -0.39 is 9.84 Å². The van der Waals surface area contributed by atoms with E-state index in [9.17, 15) is 8.42 Å². The van der Waals surface area contributed by atoms with E-state index in [1.165, 1.54) is 0 Å². The van der Waals surface area contributed by atoms with Crippen molar-refractivity contribution in [3.8, 4) is 11.5 Å². The van der Waals surface area contributed by atoms with Gasteiger partial charge in [-0.25, -0.2) is 8.42 Å². The number of hydrogen-bond acceptors (Lipinski definition) is 5. The maximum absolute atomic E-state index is 12.3. The maximum atomic E-state index is 12.3. The van der Waals surface area contributed by atoms with Gasteiger partial charge in [-0.2, -0.15) is 0 Å². The van der Waals surface area contributed by atoms with E-state index in [0.29, 0.717) is 11.5 Å². The van der Waals surface area contributed by atoms with Crippen molar-refractivity contribution >= 4 is 9.84 Å². The van der Waals surface area contributed by atoms with Gasteiger partial charge in [-0.15, -0.1) is 0 Å². The summed E-state index contributed by atoms with van der Waals surface area (Å²) in [5.41, 5.74) is 0.898. The topological polar surface area (TPSA) is 64.6 Å². The highest BCUT2D eigenvalue weighted by Gasteiger charge is 2.23. The fourth-order valence-electron chi connectivity index (χ4n) is 2.35. The third-order valence-corrected chi connectivity index (χ3v) is 5.72. The molecule has 0 spiro atoms. The summed E-state index contributed by atoms with van der Waals surface area (Å²) in [5.74, 6) is 1.88. The monoisotopic (exact) mass is 313 g/mol. The van der Waals surface area contributed by atoms with Gasteiger partial charge >= 0.3 is 0 Å². The second-order valence-corrected chi connectivity index (χ2v) is 7.70. The van der Waals surface area contributed by atoms with Gasteiger partial charge in [0.15, 0.2) is 21.3 Å². The maximum Gasteiger partial charge on any atom is 0.231 e. The molecular weight excluding hydrogens is 290 g/mol. The molecule has 1 heterocycles.